The van der Waals surface area contributed by atoms with Gasteiger partial charge in [0.25, 0.3) is 0 Å². The number of halogens is 1. The smallest absolute Gasteiger partial charge is 0.307 e. The molecule has 0 atom stereocenters. The average molecular weight is 251 g/mol. The summed E-state index contributed by atoms with van der Waals surface area (Å²) in [4.78, 5) is 11.7. The molecule has 4 heteroatoms. The van der Waals surface area contributed by atoms with Crippen LogP contribution in [0.5, 0.6) is 0 Å². The fraction of sp³-hybridized carbons (Fsp3) is 0.500. The summed E-state index contributed by atoms with van der Waals surface area (Å²) in [5.41, 5.74) is 6.07. The SMILES string of the molecule is NC1(CC(=O)OCc2ccccc2F)CCCC1. The van der Waals surface area contributed by atoms with Crippen LogP contribution in [-0.2, 0) is 16.1 Å². The van der Waals surface area contributed by atoms with E-state index >= 15 is 0 Å². The van der Waals surface area contributed by atoms with E-state index in [-0.39, 0.29) is 24.8 Å². The molecule has 1 saturated carbocycles. The molecule has 0 saturated heterocycles. The first-order chi connectivity index (χ1) is 8.59. The second-order valence-corrected chi connectivity index (χ2v) is 5.00. The molecule has 0 unspecified atom stereocenters. The Morgan fingerprint density at radius 1 is 1.33 bits per heavy atom. The molecule has 2 N–H and O–H groups in total. The molecular weight excluding hydrogens is 233 g/mol. The number of hydrogen-bond acceptors (Lipinski definition) is 3. The third kappa shape index (κ3) is 3.29. The maximum Gasteiger partial charge on any atom is 0.307 e. The fourth-order valence-corrected chi connectivity index (χ4v) is 2.37. The van der Waals surface area contributed by atoms with Gasteiger partial charge in [0.2, 0.25) is 0 Å². The van der Waals surface area contributed by atoms with Crippen LogP contribution in [0, 0.1) is 5.82 Å². The highest BCUT2D eigenvalue weighted by Gasteiger charge is 2.32. The molecule has 1 aromatic rings. The monoisotopic (exact) mass is 251 g/mol. The molecule has 1 aromatic carbocycles. The van der Waals surface area contributed by atoms with E-state index in [2.05, 4.69) is 0 Å². The van der Waals surface area contributed by atoms with Crippen LogP contribution in [0.2, 0.25) is 0 Å². The maximum absolute atomic E-state index is 13.3. The van der Waals surface area contributed by atoms with Gasteiger partial charge >= 0.3 is 5.97 Å². The molecule has 0 radical (unpaired) electrons. The number of rotatable bonds is 4. The van der Waals surface area contributed by atoms with Crippen LogP contribution in [0.25, 0.3) is 0 Å². The van der Waals surface area contributed by atoms with Crippen molar-refractivity contribution >= 4 is 5.97 Å². The van der Waals surface area contributed by atoms with Crippen molar-refractivity contribution in [3.8, 4) is 0 Å². The summed E-state index contributed by atoms with van der Waals surface area (Å²) in [6.45, 7) is -0.0262. The number of carbonyl (C=O) groups is 1. The van der Waals surface area contributed by atoms with Gasteiger partial charge < -0.3 is 10.5 Å². The normalized spacial score (nSPS) is 17.7. The highest BCUT2D eigenvalue weighted by molar-refractivity contribution is 5.71. The Bertz CT molecular complexity index is 428. The molecule has 1 aliphatic carbocycles. The Hall–Kier alpha value is -1.42. The largest absolute Gasteiger partial charge is 0.461 e. The zero-order valence-corrected chi connectivity index (χ0v) is 10.3. The first-order valence-corrected chi connectivity index (χ1v) is 6.27. The lowest BCUT2D eigenvalue weighted by atomic mass is 9.95. The van der Waals surface area contributed by atoms with Gasteiger partial charge in [0.1, 0.15) is 12.4 Å². The van der Waals surface area contributed by atoms with E-state index in [0.29, 0.717) is 5.56 Å². The molecule has 0 aliphatic heterocycles. The number of ether oxygens (including phenoxy) is 1. The van der Waals surface area contributed by atoms with E-state index in [4.69, 9.17) is 10.5 Å². The molecule has 18 heavy (non-hydrogen) atoms. The van der Waals surface area contributed by atoms with E-state index in [0.717, 1.165) is 25.7 Å². The second kappa shape index (κ2) is 5.48. The van der Waals surface area contributed by atoms with Gasteiger partial charge in [-0.1, -0.05) is 31.0 Å². The molecule has 0 bridgehead atoms. The van der Waals surface area contributed by atoms with Gasteiger partial charge in [0.05, 0.1) is 6.42 Å². The van der Waals surface area contributed by atoms with Crippen LogP contribution in [0.4, 0.5) is 4.39 Å². The zero-order valence-electron chi connectivity index (χ0n) is 10.3. The summed E-state index contributed by atoms with van der Waals surface area (Å²) >= 11 is 0. The van der Waals surface area contributed by atoms with Gasteiger partial charge in [-0.3, -0.25) is 4.79 Å². The van der Waals surface area contributed by atoms with Gasteiger partial charge in [-0.15, -0.1) is 0 Å². The Kier molecular flexibility index (Phi) is 3.97. The number of nitrogens with two attached hydrogens (primary N) is 1. The Labute approximate surface area is 106 Å². The van der Waals surface area contributed by atoms with Crippen molar-refractivity contribution in [2.75, 3.05) is 0 Å². The van der Waals surface area contributed by atoms with Crippen LogP contribution >= 0.6 is 0 Å². The number of hydrogen-bond donors (Lipinski definition) is 1. The average Bonchev–Trinajstić information content (AvgIpc) is 2.74. The molecule has 1 fully saturated rings. The molecule has 98 valence electrons. The van der Waals surface area contributed by atoms with Crippen LogP contribution < -0.4 is 5.73 Å². The van der Waals surface area contributed by atoms with Crippen molar-refractivity contribution in [3.05, 3.63) is 35.6 Å². The predicted molar refractivity (Wildman–Crippen MR) is 66.2 cm³/mol. The van der Waals surface area contributed by atoms with E-state index < -0.39 is 5.54 Å². The summed E-state index contributed by atoms with van der Waals surface area (Å²) in [5, 5.41) is 0. The lowest BCUT2D eigenvalue weighted by Gasteiger charge is -2.21. The minimum absolute atomic E-state index is 0.0262. The third-order valence-electron chi connectivity index (χ3n) is 3.44. The van der Waals surface area contributed by atoms with Gasteiger partial charge in [-0.25, -0.2) is 4.39 Å². The van der Waals surface area contributed by atoms with Crippen LogP contribution in [0.3, 0.4) is 0 Å². The highest BCUT2D eigenvalue weighted by Crippen LogP contribution is 2.30. The van der Waals surface area contributed by atoms with Crippen molar-refractivity contribution in [2.45, 2.75) is 44.2 Å². The molecule has 3 nitrogen and oxygen atoms in total. The van der Waals surface area contributed by atoms with E-state index in [1.54, 1.807) is 18.2 Å². The van der Waals surface area contributed by atoms with Gasteiger partial charge in [0.15, 0.2) is 0 Å². The number of benzene rings is 1. The number of esters is 1. The first kappa shape index (κ1) is 13.0. The summed E-state index contributed by atoms with van der Waals surface area (Å²) in [5.74, 6) is -0.698. The molecule has 0 heterocycles. The fourth-order valence-electron chi connectivity index (χ4n) is 2.37. The molecule has 0 spiro atoms. The van der Waals surface area contributed by atoms with E-state index in [1.165, 1.54) is 6.07 Å². The van der Waals surface area contributed by atoms with Crippen LogP contribution in [0.15, 0.2) is 24.3 Å². The Morgan fingerprint density at radius 3 is 2.67 bits per heavy atom. The van der Waals surface area contributed by atoms with Crippen molar-refractivity contribution in [1.29, 1.82) is 0 Å². The van der Waals surface area contributed by atoms with Crippen molar-refractivity contribution in [3.63, 3.8) is 0 Å². The Morgan fingerprint density at radius 2 is 2.00 bits per heavy atom. The molecule has 2 rings (SSSR count). The minimum Gasteiger partial charge on any atom is -0.461 e. The lowest BCUT2D eigenvalue weighted by molar-refractivity contribution is -0.146. The van der Waals surface area contributed by atoms with Crippen molar-refractivity contribution in [2.24, 2.45) is 5.73 Å². The van der Waals surface area contributed by atoms with E-state index in [1.807, 2.05) is 0 Å². The van der Waals surface area contributed by atoms with Gasteiger partial charge in [0, 0.05) is 11.1 Å². The van der Waals surface area contributed by atoms with Gasteiger partial charge in [-0.2, -0.15) is 0 Å². The van der Waals surface area contributed by atoms with Gasteiger partial charge in [-0.05, 0) is 18.9 Å². The molecule has 1 aliphatic rings. The van der Waals surface area contributed by atoms with Crippen molar-refractivity contribution in [1.82, 2.24) is 0 Å². The summed E-state index contributed by atoms with van der Waals surface area (Å²) in [6, 6.07) is 6.28. The third-order valence-corrected chi connectivity index (χ3v) is 3.44. The molecule has 0 aromatic heterocycles. The highest BCUT2D eigenvalue weighted by atomic mass is 19.1. The zero-order chi connectivity index (χ0) is 13.0. The topological polar surface area (TPSA) is 52.3 Å². The second-order valence-electron chi connectivity index (χ2n) is 5.00. The van der Waals surface area contributed by atoms with Crippen LogP contribution in [0.1, 0.15) is 37.7 Å². The number of carbonyl (C=O) groups excluding carboxylic acids is 1. The Balaban J connectivity index is 1.83. The standard InChI is InChI=1S/C14H18FNO2/c15-12-6-2-1-5-11(12)10-18-13(17)9-14(16)7-3-4-8-14/h1-2,5-6H,3-4,7-10,16H2. The first-order valence-electron chi connectivity index (χ1n) is 6.27. The lowest BCUT2D eigenvalue weighted by Crippen LogP contribution is -2.39. The quantitative estimate of drug-likeness (QED) is 0.837. The summed E-state index contributed by atoms with van der Waals surface area (Å²) < 4.78 is 18.4. The minimum atomic E-state index is -0.410. The van der Waals surface area contributed by atoms with Crippen molar-refractivity contribution < 1.29 is 13.9 Å². The van der Waals surface area contributed by atoms with Crippen LogP contribution in [-0.4, -0.2) is 11.5 Å². The molecule has 0 amide bonds. The maximum atomic E-state index is 13.3. The summed E-state index contributed by atoms with van der Waals surface area (Å²) in [7, 11) is 0. The summed E-state index contributed by atoms with van der Waals surface area (Å²) in [6.07, 6.45) is 4.08. The molecular formula is C14H18FNO2. The predicted octanol–water partition coefficient (Wildman–Crippen LogP) is 2.53. The van der Waals surface area contributed by atoms with E-state index in [9.17, 15) is 9.18 Å².